The van der Waals surface area contributed by atoms with Crippen molar-refractivity contribution in [2.45, 2.75) is 31.0 Å². The van der Waals surface area contributed by atoms with E-state index >= 15 is 0 Å². The molecule has 0 aromatic heterocycles. The molecule has 1 saturated heterocycles. The molecule has 7 nitrogen and oxygen atoms in total. The first-order valence-electron chi connectivity index (χ1n) is 10.1. The van der Waals surface area contributed by atoms with Crippen molar-refractivity contribution in [3.63, 3.8) is 0 Å². The van der Waals surface area contributed by atoms with Crippen molar-refractivity contribution in [3.05, 3.63) is 64.2 Å². The predicted molar refractivity (Wildman–Crippen MR) is 121 cm³/mol. The fourth-order valence-corrected chi connectivity index (χ4v) is 4.85. The number of hydrogen-bond donors (Lipinski definition) is 1. The van der Waals surface area contributed by atoms with Crippen LogP contribution in [-0.2, 0) is 27.8 Å². The van der Waals surface area contributed by atoms with Crippen LogP contribution in [0.4, 0.5) is 0 Å². The molecule has 1 atom stereocenters. The lowest BCUT2D eigenvalue weighted by Gasteiger charge is -2.31. The number of nitrogens with one attached hydrogen (secondary N) is 1. The van der Waals surface area contributed by atoms with E-state index in [0.29, 0.717) is 6.54 Å². The van der Waals surface area contributed by atoms with Gasteiger partial charge in [0.15, 0.2) is 0 Å². The van der Waals surface area contributed by atoms with E-state index < -0.39 is 10.0 Å². The van der Waals surface area contributed by atoms with Crippen molar-refractivity contribution in [2.24, 2.45) is 0 Å². The molecule has 1 aliphatic heterocycles. The quantitative estimate of drug-likeness (QED) is 0.680. The van der Waals surface area contributed by atoms with Gasteiger partial charge in [0.05, 0.1) is 17.7 Å². The van der Waals surface area contributed by atoms with E-state index in [1.807, 2.05) is 12.1 Å². The van der Waals surface area contributed by atoms with E-state index in [1.54, 1.807) is 0 Å². The van der Waals surface area contributed by atoms with Gasteiger partial charge < -0.3 is 10.1 Å². The van der Waals surface area contributed by atoms with Crippen LogP contribution < -0.4 is 5.32 Å². The zero-order valence-electron chi connectivity index (χ0n) is 18.0. The summed E-state index contributed by atoms with van der Waals surface area (Å²) >= 11 is 6.06. The van der Waals surface area contributed by atoms with Crippen LogP contribution in [-0.4, -0.2) is 63.4 Å². The van der Waals surface area contributed by atoms with Crippen molar-refractivity contribution in [3.8, 4) is 0 Å². The van der Waals surface area contributed by atoms with Gasteiger partial charge in [-0.05, 0) is 36.2 Å². The highest BCUT2D eigenvalue weighted by molar-refractivity contribution is 7.89. The summed E-state index contributed by atoms with van der Waals surface area (Å²) in [5, 5.41) is 2.94. The fraction of sp³-hybridized carbons (Fsp3) is 0.409. The Morgan fingerprint density at radius 2 is 1.97 bits per heavy atom. The zero-order valence-corrected chi connectivity index (χ0v) is 19.5. The first-order chi connectivity index (χ1) is 14.7. The van der Waals surface area contributed by atoms with Gasteiger partial charge >= 0.3 is 0 Å². The molecular formula is C22H28ClN3O4S. The molecule has 2 aromatic rings. The fourth-order valence-electron chi connectivity index (χ4n) is 3.45. The maximum atomic E-state index is 12.6. The molecule has 0 radical (unpaired) electrons. The summed E-state index contributed by atoms with van der Waals surface area (Å²) in [4.78, 5) is 14.9. The van der Waals surface area contributed by atoms with Gasteiger partial charge in [-0.15, -0.1) is 0 Å². The monoisotopic (exact) mass is 465 g/mol. The minimum Gasteiger partial charge on any atom is -0.376 e. The van der Waals surface area contributed by atoms with Gasteiger partial charge in [-0.2, -0.15) is 0 Å². The van der Waals surface area contributed by atoms with Crippen LogP contribution in [0.1, 0.15) is 28.4 Å². The van der Waals surface area contributed by atoms with E-state index in [0.717, 1.165) is 36.1 Å². The number of carbonyl (C=O) groups is 1. The number of halogens is 1. The van der Waals surface area contributed by atoms with Crippen molar-refractivity contribution in [1.82, 2.24) is 14.5 Å². The highest BCUT2D eigenvalue weighted by atomic mass is 35.5. The Morgan fingerprint density at radius 3 is 2.68 bits per heavy atom. The van der Waals surface area contributed by atoms with Gasteiger partial charge in [0.1, 0.15) is 4.90 Å². The summed E-state index contributed by atoms with van der Waals surface area (Å²) in [6, 6.07) is 12.3. The first kappa shape index (κ1) is 23.7. The Kier molecular flexibility index (Phi) is 7.72. The minimum atomic E-state index is -3.75. The molecule has 9 heteroatoms. The lowest BCUT2D eigenvalue weighted by atomic mass is 10.1. The minimum absolute atomic E-state index is 0.0791. The van der Waals surface area contributed by atoms with Crippen LogP contribution >= 0.6 is 11.6 Å². The van der Waals surface area contributed by atoms with E-state index in [-0.39, 0.29) is 27.5 Å². The van der Waals surface area contributed by atoms with Gasteiger partial charge in [-0.3, -0.25) is 9.69 Å². The normalized spacial score (nSPS) is 17.6. The van der Waals surface area contributed by atoms with Crippen molar-refractivity contribution in [2.75, 3.05) is 33.8 Å². The standard InChI is InChI=1S/C22H28ClN3O4S/c1-16-14-26(9-10-30-16)15-18-6-4-5-17(11-18)13-24-22(27)19-7-8-20(23)21(12-19)31(28,29)25(2)3/h4-8,11-12,16H,9-10,13-15H2,1-3H3,(H,24,27). The molecule has 0 bridgehead atoms. The van der Waals surface area contributed by atoms with Crippen LogP contribution in [0.25, 0.3) is 0 Å². The van der Waals surface area contributed by atoms with E-state index in [4.69, 9.17) is 16.3 Å². The topological polar surface area (TPSA) is 79.0 Å². The molecule has 31 heavy (non-hydrogen) atoms. The van der Waals surface area contributed by atoms with Crippen molar-refractivity contribution >= 4 is 27.5 Å². The molecule has 1 N–H and O–H groups in total. The van der Waals surface area contributed by atoms with Crippen LogP contribution in [0.2, 0.25) is 5.02 Å². The molecule has 1 aliphatic rings. The third-order valence-corrected chi connectivity index (χ3v) is 7.42. The highest BCUT2D eigenvalue weighted by Gasteiger charge is 2.22. The van der Waals surface area contributed by atoms with Crippen molar-refractivity contribution in [1.29, 1.82) is 0 Å². The summed E-state index contributed by atoms with van der Waals surface area (Å²) in [5.74, 6) is -0.362. The second-order valence-corrected chi connectivity index (χ2v) is 10.4. The van der Waals surface area contributed by atoms with Crippen LogP contribution in [0.5, 0.6) is 0 Å². The smallest absolute Gasteiger partial charge is 0.251 e. The average Bonchev–Trinajstić information content (AvgIpc) is 2.72. The van der Waals surface area contributed by atoms with Crippen LogP contribution in [0, 0.1) is 0 Å². The second-order valence-electron chi connectivity index (χ2n) is 7.85. The second kappa shape index (κ2) is 10.1. The molecule has 0 spiro atoms. The third kappa shape index (κ3) is 6.05. The number of sulfonamides is 1. The Bertz CT molecular complexity index is 1040. The maximum absolute atomic E-state index is 12.6. The Morgan fingerprint density at radius 1 is 1.23 bits per heavy atom. The highest BCUT2D eigenvalue weighted by Crippen LogP contribution is 2.25. The summed E-state index contributed by atoms with van der Waals surface area (Å²) in [6.07, 6.45) is 0.233. The molecule has 2 aromatic carbocycles. The molecule has 3 rings (SSSR count). The number of hydrogen-bond acceptors (Lipinski definition) is 5. The number of morpholine rings is 1. The Labute approximate surface area is 189 Å². The Balaban J connectivity index is 1.66. The van der Waals surface area contributed by atoms with Gasteiger partial charge in [0.25, 0.3) is 5.91 Å². The summed E-state index contributed by atoms with van der Waals surface area (Å²) in [5.41, 5.74) is 2.39. The summed E-state index contributed by atoms with van der Waals surface area (Å²) in [6.45, 7) is 5.78. The number of benzene rings is 2. The SMILES string of the molecule is CC1CN(Cc2cccc(CNC(=O)c3ccc(Cl)c(S(=O)(=O)N(C)C)c3)c2)CCO1. The molecule has 1 heterocycles. The lowest BCUT2D eigenvalue weighted by molar-refractivity contribution is -0.0212. The molecule has 1 amide bonds. The number of nitrogens with zero attached hydrogens (tertiary/aromatic N) is 2. The Hall–Kier alpha value is -1.97. The largest absolute Gasteiger partial charge is 0.376 e. The number of ether oxygens (including phenoxy) is 1. The van der Waals surface area contributed by atoms with Gasteiger partial charge in [0.2, 0.25) is 10.0 Å². The first-order valence-corrected chi connectivity index (χ1v) is 11.9. The molecule has 1 unspecified atom stereocenters. The van der Waals surface area contributed by atoms with Crippen molar-refractivity contribution < 1.29 is 17.9 Å². The summed E-state index contributed by atoms with van der Waals surface area (Å²) < 4.78 is 31.5. The van der Waals surface area contributed by atoms with Crippen LogP contribution in [0.3, 0.4) is 0 Å². The van der Waals surface area contributed by atoms with E-state index in [2.05, 4.69) is 29.3 Å². The number of amides is 1. The molecule has 168 valence electrons. The van der Waals surface area contributed by atoms with Crippen LogP contribution in [0.15, 0.2) is 47.4 Å². The third-order valence-electron chi connectivity index (χ3n) is 5.13. The number of carbonyl (C=O) groups excluding carboxylic acids is 1. The van der Waals surface area contributed by atoms with E-state index in [9.17, 15) is 13.2 Å². The zero-order chi connectivity index (χ0) is 22.6. The molecule has 1 fully saturated rings. The summed E-state index contributed by atoms with van der Waals surface area (Å²) in [7, 11) is -0.907. The molecule has 0 aliphatic carbocycles. The van der Waals surface area contributed by atoms with Gasteiger partial charge in [0, 0.05) is 45.8 Å². The predicted octanol–water partition coefficient (Wildman–Crippen LogP) is 2.74. The molecular weight excluding hydrogens is 438 g/mol. The lowest BCUT2D eigenvalue weighted by Crippen LogP contribution is -2.40. The maximum Gasteiger partial charge on any atom is 0.251 e. The van der Waals surface area contributed by atoms with Gasteiger partial charge in [-0.1, -0.05) is 35.9 Å². The average molecular weight is 466 g/mol. The van der Waals surface area contributed by atoms with Gasteiger partial charge in [-0.25, -0.2) is 12.7 Å². The molecule has 0 saturated carbocycles. The van der Waals surface area contributed by atoms with E-state index in [1.165, 1.54) is 37.9 Å². The number of rotatable bonds is 7.